The topological polar surface area (TPSA) is 41.6 Å². The molecule has 0 bridgehead atoms. The first kappa shape index (κ1) is 16.8. The van der Waals surface area contributed by atoms with Crippen LogP contribution in [0.1, 0.15) is 23.7 Å². The van der Waals surface area contributed by atoms with Crippen molar-refractivity contribution in [1.82, 2.24) is 0 Å². The van der Waals surface area contributed by atoms with Crippen LogP contribution in [-0.2, 0) is 16.0 Å². The third-order valence-electron chi connectivity index (χ3n) is 4.17. The summed E-state index contributed by atoms with van der Waals surface area (Å²) >= 11 is 6.25. The Balaban J connectivity index is 1.75. The number of fused-ring (bicyclic) bond motifs is 1. The SMILES string of the molecule is CN(C)c1c(Cl)cccc1NC(=O)CC1OCCc2ccccc21. The number of hydrogen-bond acceptors (Lipinski definition) is 3. The molecule has 1 N–H and O–H groups in total. The Kier molecular flexibility index (Phi) is 5.07. The zero-order valence-electron chi connectivity index (χ0n) is 13.9. The minimum atomic E-state index is -0.197. The summed E-state index contributed by atoms with van der Waals surface area (Å²) in [6.45, 7) is 0.648. The summed E-state index contributed by atoms with van der Waals surface area (Å²) < 4.78 is 5.82. The van der Waals surface area contributed by atoms with Crippen molar-refractivity contribution in [3.05, 3.63) is 58.6 Å². The van der Waals surface area contributed by atoms with E-state index in [0.29, 0.717) is 17.3 Å². The highest BCUT2D eigenvalue weighted by Gasteiger charge is 2.23. The summed E-state index contributed by atoms with van der Waals surface area (Å²) in [6.07, 6.45) is 0.987. The van der Waals surface area contributed by atoms with Crippen molar-refractivity contribution in [3.8, 4) is 0 Å². The first-order valence-corrected chi connectivity index (χ1v) is 8.39. The number of halogens is 1. The van der Waals surface area contributed by atoms with Crippen molar-refractivity contribution in [2.75, 3.05) is 30.9 Å². The molecule has 2 aromatic carbocycles. The van der Waals surface area contributed by atoms with Gasteiger partial charge in [-0.15, -0.1) is 0 Å². The molecule has 1 atom stereocenters. The zero-order valence-corrected chi connectivity index (χ0v) is 14.6. The highest BCUT2D eigenvalue weighted by Crippen LogP contribution is 2.34. The lowest BCUT2D eigenvalue weighted by atomic mass is 9.95. The molecule has 1 heterocycles. The van der Waals surface area contributed by atoms with Crippen LogP contribution < -0.4 is 10.2 Å². The van der Waals surface area contributed by atoms with Gasteiger partial charge in [-0.1, -0.05) is 41.9 Å². The number of benzene rings is 2. The van der Waals surface area contributed by atoms with E-state index in [2.05, 4.69) is 11.4 Å². The fourth-order valence-corrected chi connectivity index (χ4v) is 3.43. The van der Waals surface area contributed by atoms with Crippen LogP contribution in [0.5, 0.6) is 0 Å². The highest BCUT2D eigenvalue weighted by molar-refractivity contribution is 6.34. The van der Waals surface area contributed by atoms with Gasteiger partial charge in [0.1, 0.15) is 0 Å². The quantitative estimate of drug-likeness (QED) is 0.909. The van der Waals surface area contributed by atoms with Gasteiger partial charge in [-0.2, -0.15) is 0 Å². The van der Waals surface area contributed by atoms with Crippen molar-refractivity contribution >= 4 is 28.9 Å². The van der Waals surface area contributed by atoms with E-state index >= 15 is 0 Å². The molecule has 0 spiro atoms. The van der Waals surface area contributed by atoms with Gasteiger partial charge >= 0.3 is 0 Å². The molecule has 1 aliphatic heterocycles. The first-order chi connectivity index (χ1) is 11.6. The van der Waals surface area contributed by atoms with Crippen molar-refractivity contribution in [2.24, 2.45) is 0 Å². The molecular formula is C19H21ClN2O2. The number of carbonyl (C=O) groups is 1. The van der Waals surface area contributed by atoms with E-state index in [0.717, 1.165) is 17.7 Å². The van der Waals surface area contributed by atoms with Gasteiger partial charge in [0.15, 0.2) is 0 Å². The van der Waals surface area contributed by atoms with Gasteiger partial charge in [-0.3, -0.25) is 4.79 Å². The average molecular weight is 345 g/mol. The number of nitrogens with zero attached hydrogens (tertiary/aromatic N) is 1. The lowest BCUT2D eigenvalue weighted by Crippen LogP contribution is -2.23. The number of anilines is 2. The fourth-order valence-electron chi connectivity index (χ4n) is 3.09. The number of hydrogen-bond donors (Lipinski definition) is 1. The van der Waals surface area contributed by atoms with E-state index in [4.69, 9.17) is 16.3 Å². The molecule has 3 rings (SSSR count). The molecule has 0 radical (unpaired) electrons. The molecule has 1 unspecified atom stereocenters. The lowest BCUT2D eigenvalue weighted by molar-refractivity contribution is -0.119. The maximum Gasteiger partial charge on any atom is 0.227 e. The monoisotopic (exact) mass is 344 g/mol. The summed E-state index contributed by atoms with van der Waals surface area (Å²) in [5.74, 6) is -0.0814. The van der Waals surface area contributed by atoms with Crippen molar-refractivity contribution in [2.45, 2.75) is 18.9 Å². The second-order valence-electron chi connectivity index (χ2n) is 6.09. The largest absolute Gasteiger partial charge is 0.375 e. The van der Waals surface area contributed by atoms with Crippen molar-refractivity contribution < 1.29 is 9.53 Å². The molecule has 1 amide bonds. The molecule has 0 aromatic heterocycles. The Morgan fingerprint density at radius 2 is 2.04 bits per heavy atom. The molecule has 0 fully saturated rings. The number of amides is 1. The summed E-state index contributed by atoms with van der Waals surface area (Å²) in [5, 5.41) is 3.57. The van der Waals surface area contributed by atoms with Crippen LogP contribution in [0.3, 0.4) is 0 Å². The average Bonchev–Trinajstić information content (AvgIpc) is 2.55. The maximum absolute atomic E-state index is 12.5. The predicted molar refractivity (Wildman–Crippen MR) is 97.9 cm³/mol. The van der Waals surface area contributed by atoms with Crippen LogP contribution in [0.25, 0.3) is 0 Å². The smallest absolute Gasteiger partial charge is 0.227 e. The van der Waals surface area contributed by atoms with Crippen LogP contribution in [-0.4, -0.2) is 26.6 Å². The van der Waals surface area contributed by atoms with Crippen LogP contribution in [0.4, 0.5) is 11.4 Å². The standard InChI is InChI=1S/C19H21ClN2O2/c1-22(2)19-15(20)8-5-9-16(19)21-18(23)12-17-14-7-4-3-6-13(14)10-11-24-17/h3-9,17H,10-12H2,1-2H3,(H,21,23). The fraction of sp³-hybridized carbons (Fsp3) is 0.316. The summed E-state index contributed by atoms with van der Waals surface area (Å²) in [5.41, 5.74) is 3.88. The van der Waals surface area contributed by atoms with Crippen LogP contribution in [0, 0.1) is 0 Å². The van der Waals surface area contributed by atoms with Gasteiger partial charge in [-0.25, -0.2) is 0 Å². The highest BCUT2D eigenvalue weighted by atomic mass is 35.5. The molecule has 126 valence electrons. The molecular weight excluding hydrogens is 324 g/mol. The number of ether oxygens (including phenoxy) is 1. The van der Waals surface area contributed by atoms with Gasteiger partial charge in [-0.05, 0) is 29.7 Å². The maximum atomic E-state index is 12.5. The number of rotatable bonds is 4. The Labute approximate surface area is 147 Å². The number of para-hydroxylation sites is 1. The summed E-state index contributed by atoms with van der Waals surface area (Å²) in [4.78, 5) is 14.4. The minimum absolute atomic E-state index is 0.0814. The third kappa shape index (κ3) is 3.55. The van der Waals surface area contributed by atoms with Crippen molar-refractivity contribution in [1.29, 1.82) is 0 Å². The molecule has 0 saturated heterocycles. The molecule has 2 aromatic rings. The summed E-state index contributed by atoms with van der Waals surface area (Å²) in [6, 6.07) is 13.6. The van der Waals surface area contributed by atoms with E-state index < -0.39 is 0 Å². The predicted octanol–water partition coefficient (Wildman–Crippen LogP) is 4.05. The van der Waals surface area contributed by atoms with E-state index in [9.17, 15) is 4.79 Å². The van der Waals surface area contributed by atoms with Crippen molar-refractivity contribution in [3.63, 3.8) is 0 Å². The van der Waals surface area contributed by atoms with Gasteiger partial charge in [0.2, 0.25) is 5.91 Å². The van der Waals surface area contributed by atoms with Crippen LogP contribution >= 0.6 is 11.6 Å². The lowest BCUT2D eigenvalue weighted by Gasteiger charge is -2.26. The Bertz CT molecular complexity index is 746. The summed E-state index contributed by atoms with van der Waals surface area (Å²) in [7, 11) is 3.80. The van der Waals surface area contributed by atoms with E-state index in [1.165, 1.54) is 5.56 Å². The minimum Gasteiger partial charge on any atom is -0.375 e. The molecule has 5 heteroatoms. The van der Waals surface area contributed by atoms with Crippen LogP contribution in [0.2, 0.25) is 5.02 Å². The van der Waals surface area contributed by atoms with E-state index in [-0.39, 0.29) is 18.4 Å². The molecule has 24 heavy (non-hydrogen) atoms. The number of carbonyl (C=O) groups excluding carboxylic acids is 1. The Morgan fingerprint density at radius 1 is 1.25 bits per heavy atom. The number of nitrogens with one attached hydrogen (secondary N) is 1. The molecule has 0 saturated carbocycles. The Hall–Kier alpha value is -2.04. The van der Waals surface area contributed by atoms with Gasteiger partial charge in [0, 0.05) is 14.1 Å². The van der Waals surface area contributed by atoms with Gasteiger partial charge < -0.3 is 15.0 Å². The zero-order chi connectivity index (χ0) is 17.1. The van der Waals surface area contributed by atoms with E-state index in [1.807, 2.05) is 55.4 Å². The second kappa shape index (κ2) is 7.24. The first-order valence-electron chi connectivity index (χ1n) is 8.01. The second-order valence-corrected chi connectivity index (χ2v) is 6.50. The molecule has 1 aliphatic rings. The van der Waals surface area contributed by atoms with Crippen LogP contribution in [0.15, 0.2) is 42.5 Å². The normalized spacial score (nSPS) is 16.4. The van der Waals surface area contributed by atoms with E-state index in [1.54, 1.807) is 0 Å². The third-order valence-corrected chi connectivity index (χ3v) is 4.48. The van der Waals surface area contributed by atoms with Gasteiger partial charge in [0.25, 0.3) is 0 Å². The van der Waals surface area contributed by atoms with Gasteiger partial charge in [0.05, 0.1) is 35.5 Å². The molecule has 0 aliphatic carbocycles. The Morgan fingerprint density at radius 3 is 2.83 bits per heavy atom. The molecule has 4 nitrogen and oxygen atoms in total.